The molecule has 0 heterocycles. The molecule has 2 aromatic carbocycles. The number of hydrogen-bond donors (Lipinski definition) is 2. The third-order valence-corrected chi connectivity index (χ3v) is 4.04. The molecule has 1 atom stereocenters. The number of hydrogen-bond acceptors (Lipinski definition) is 2. The fourth-order valence-electron chi connectivity index (χ4n) is 1.97. The topological polar surface area (TPSA) is 41.1 Å². The van der Waals surface area contributed by atoms with Gasteiger partial charge in [-0.2, -0.15) is 0 Å². The van der Waals surface area contributed by atoms with Crippen molar-refractivity contribution in [1.82, 2.24) is 5.32 Å². The highest BCUT2D eigenvalue weighted by atomic mass is 35.5. The van der Waals surface area contributed by atoms with Crippen molar-refractivity contribution in [1.29, 1.82) is 0 Å². The first-order valence-corrected chi connectivity index (χ1v) is 7.83. The number of benzene rings is 2. The molecule has 2 N–H and O–H groups in total. The Labute approximate surface area is 144 Å². The summed E-state index contributed by atoms with van der Waals surface area (Å²) < 4.78 is 0. The molecular formula is C16H15Cl3N2O. The van der Waals surface area contributed by atoms with E-state index >= 15 is 0 Å². The number of para-hydroxylation sites is 1. The molecule has 0 aliphatic heterocycles. The normalized spacial score (nSPS) is 12.0. The van der Waals surface area contributed by atoms with Gasteiger partial charge in [0.25, 0.3) is 0 Å². The SMILES string of the molecule is C[C@@H](NCC(=O)Nc1ccccc1Cl)c1ccc(Cl)cc1Cl. The summed E-state index contributed by atoms with van der Waals surface area (Å²) in [5.74, 6) is -0.176. The van der Waals surface area contributed by atoms with E-state index in [0.717, 1.165) is 5.56 Å². The molecule has 0 spiro atoms. The van der Waals surface area contributed by atoms with Crippen LogP contribution in [0, 0.1) is 0 Å². The lowest BCUT2D eigenvalue weighted by atomic mass is 10.1. The number of amides is 1. The van der Waals surface area contributed by atoms with E-state index in [4.69, 9.17) is 34.8 Å². The Balaban J connectivity index is 1.92. The van der Waals surface area contributed by atoms with Gasteiger partial charge in [0, 0.05) is 16.1 Å². The predicted octanol–water partition coefficient (Wildman–Crippen LogP) is 4.94. The standard InChI is InChI=1S/C16H15Cl3N2O/c1-10(12-7-6-11(17)8-14(12)19)20-9-16(22)21-15-5-3-2-4-13(15)18/h2-8,10,20H,9H2,1H3,(H,21,22)/t10-/m1/s1. The summed E-state index contributed by atoms with van der Waals surface area (Å²) in [6.45, 7) is 2.07. The van der Waals surface area contributed by atoms with Crippen LogP contribution in [0.1, 0.15) is 18.5 Å². The molecule has 6 heteroatoms. The maximum Gasteiger partial charge on any atom is 0.238 e. The van der Waals surface area contributed by atoms with Crippen LogP contribution >= 0.6 is 34.8 Å². The fraction of sp³-hybridized carbons (Fsp3) is 0.188. The first kappa shape index (κ1) is 17.1. The van der Waals surface area contributed by atoms with Gasteiger partial charge in [0.1, 0.15) is 0 Å². The van der Waals surface area contributed by atoms with E-state index < -0.39 is 0 Å². The van der Waals surface area contributed by atoms with Crippen molar-refractivity contribution >= 4 is 46.4 Å². The zero-order valence-electron chi connectivity index (χ0n) is 11.9. The molecule has 0 bridgehead atoms. The van der Waals surface area contributed by atoms with Gasteiger partial charge in [-0.3, -0.25) is 4.79 Å². The number of rotatable bonds is 5. The maximum absolute atomic E-state index is 12.0. The van der Waals surface area contributed by atoms with E-state index in [2.05, 4.69) is 10.6 Å². The minimum Gasteiger partial charge on any atom is -0.324 e. The van der Waals surface area contributed by atoms with Crippen molar-refractivity contribution in [2.24, 2.45) is 0 Å². The lowest BCUT2D eigenvalue weighted by Crippen LogP contribution is -2.30. The fourth-order valence-corrected chi connectivity index (χ4v) is 2.72. The number of nitrogens with one attached hydrogen (secondary N) is 2. The van der Waals surface area contributed by atoms with Crippen LogP contribution in [-0.4, -0.2) is 12.5 Å². The van der Waals surface area contributed by atoms with Crippen molar-refractivity contribution in [3.8, 4) is 0 Å². The molecule has 1 amide bonds. The van der Waals surface area contributed by atoms with Crippen LogP contribution in [0.4, 0.5) is 5.69 Å². The van der Waals surface area contributed by atoms with E-state index in [1.807, 2.05) is 19.1 Å². The van der Waals surface area contributed by atoms with Gasteiger partial charge in [-0.15, -0.1) is 0 Å². The predicted molar refractivity (Wildman–Crippen MR) is 93.0 cm³/mol. The molecule has 0 saturated carbocycles. The van der Waals surface area contributed by atoms with Crippen LogP contribution in [0.3, 0.4) is 0 Å². The number of anilines is 1. The summed E-state index contributed by atoms with van der Waals surface area (Å²) in [4.78, 5) is 12.0. The Morgan fingerprint density at radius 2 is 1.82 bits per heavy atom. The van der Waals surface area contributed by atoms with Crippen LogP contribution in [0.15, 0.2) is 42.5 Å². The van der Waals surface area contributed by atoms with Crippen LogP contribution < -0.4 is 10.6 Å². The highest BCUT2D eigenvalue weighted by molar-refractivity contribution is 6.35. The maximum atomic E-state index is 12.0. The molecule has 0 saturated heterocycles. The molecule has 116 valence electrons. The number of carbonyl (C=O) groups is 1. The molecule has 0 aromatic heterocycles. The second kappa shape index (κ2) is 7.84. The van der Waals surface area contributed by atoms with Crippen LogP contribution in [0.25, 0.3) is 0 Å². The Kier molecular flexibility index (Phi) is 6.09. The van der Waals surface area contributed by atoms with Gasteiger partial charge >= 0.3 is 0 Å². The molecule has 0 unspecified atom stereocenters. The summed E-state index contributed by atoms with van der Waals surface area (Å²) in [6.07, 6.45) is 0. The van der Waals surface area contributed by atoms with Crippen molar-refractivity contribution in [2.45, 2.75) is 13.0 Å². The quantitative estimate of drug-likeness (QED) is 0.796. The first-order valence-electron chi connectivity index (χ1n) is 6.70. The van der Waals surface area contributed by atoms with E-state index in [-0.39, 0.29) is 18.5 Å². The molecule has 0 aliphatic rings. The molecule has 2 aromatic rings. The third kappa shape index (κ3) is 4.62. The molecular weight excluding hydrogens is 343 g/mol. The zero-order valence-corrected chi connectivity index (χ0v) is 14.1. The van der Waals surface area contributed by atoms with Crippen LogP contribution in [-0.2, 0) is 4.79 Å². The van der Waals surface area contributed by atoms with Gasteiger partial charge < -0.3 is 10.6 Å². The summed E-state index contributed by atoms with van der Waals surface area (Å²) in [5, 5.41) is 7.52. The monoisotopic (exact) mass is 356 g/mol. The van der Waals surface area contributed by atoms with E-state index in [1.54, 1.807) is 30.3 Å². The lowest BCUT2D eigenvalue weighted by molar-refractivity contribution is -0.115. The largest absolute Gasteiger partial charge is 0.324 e. The Morgan fingerprint density at radius 1 is 1.09 bits per heavy atom. The average Bonchev–Trinajstić information content (AvgIpc) is 2.47. The summed E-state index contributed by atoms with van der Waals surface area (Å²) in [5.41, 5.74) is 1.48. The zero-order chi connectivity index (χ0) is 16.1. The van der Waals surface area contributed by atoms with E-state index in [9.17, 15) is 4.79 Å². The van der Waals surface area contributed by atoms with Gasteiger partial charge in [0.2, 0.25) is 5.91 Å². The van der Waals surface area contributed by atoms with Crippen molar-refractivity contribution in [2.75, 3.05) is 11.9 Å². The van der Waals surface area contributed by atoms with Gasteiger partial charge in [0.15, 0.2) is 0 Å². The molecule has 0 aliphatic carbocycles. The molecule has 0 fully saturated rings. The Hall–Kier alpha value is -1.26. The minimum absolute atomic E-state index is 0.0817. The summed E-state index contributed by atoms with van der Waals surface area (Å²) in [7, 11) is 0. The second-order valence-corrected chi connectivity index (χ2v) is 6.05. The van der Waals surface area contributed by atoms with Gasteiger partial charge in [-0.1, -0.05) is 53.0 Å². The van der Waals surface area contributed by atoms with E-state index in [1.165, 1.54) is 0 Å². The highest BCUT2D eigenvalue weighted by Crippen LogP contribution is 2.26. The Morgan fingerprint density at radius 3 is 2.50 bits per heavy atom. The third-order valence-electron chi connectivity index (χ3n) is 3.15. The highest BCUT2D eigenvalue weighted by Gasteiger charge is 2.12. The van der Waals surface area contributed by atoms with Crippen LogP contribution in [0.5, 0.6) is 0 Å². The van der Waals surface area contributed by atoms with Crippen LogP contribution in [0.2, 0.25) is 15.1 Å². The molecule has 0 radical (unpaired) electrons. The summed E-state index contributed by atoms with van der Waals surface area (Å²) in [6, 6.07) is 12.3. The first-order chi connectivity index (χ1) is 10.5. The van der Waals surface area contributed by atoms with E-state index in [0.29, 0.717) is 20.8 Å². The number of carbonyl (C=O) groups excluding carboxylic acids is 1. The lowest BCUT2D eigenvalue weighted by Gasteiger charge is -2.16. The summed E-state index contributed by atoms with van der Waals surface area (Å²) >= 11 is 18.0. The minimum atomic E-state index is -0.176. The molecule has 3 nitrogen and oxygen atoms in total. The van der Waals surface area contributed by atoms with Crippen molar-refractivity contribution < 1.29 is 4.79 Å². The van der Waals surface area contributed by atoms with Gasteiger partial charge in [-0.25, -0.2) is 0 Å². The average molecular weight is 358 g/mol. The molecule has 2 rings (SSSR count). The van der Waals surface area contributed by atoms with Crippen molar-refractivity contribution in [3.05, 3.63) is 63.1 Å². The Bertz CT molecular complexity index is 676. The van der Waals surface area contributed by atoms with Gasteiger partial charge in [-0.05, 0) is 36.8 Å². The van der Waals surface area contributed by atoms with Gasteiger partial charge in [0.05, 0.1) is 17.3 Å². The number of halogens is 3. The molecule has 22 heavy (non-hydrogen) atoms. The van der Waals surface area contributed by atoms with Crippen molar-refractivity contribution in [3.63, 3.8) is 0 Å². The second-order valence-electron chi connectivity index (χ2n) is 4.80. The smallest absolute Gasteiger partial charge is 0.238 e.